The molecule has 0 amide bonds. The molecule has 0 saturated carbocycles. The number of benzene rings is 1. The van der Waals surface area contributed by atoms with E-state index in [0.717, 1.165) is 11.1 Å². The van der Waals surface area contributed by atoms with Gasteiger partial charge in [-0.25, -0.2) is 4.79 Å². The molecule has 2 unspecified atom stereocenters. The number of nitrogens with zero attached hydrogens (tertiary/aromatic N) is 4. The van der Waals surface area contributed by atoms with Crippen molar-refractivity contribution in [1.29, 1.82) is 0 Å². The Labute approximate surface area is 248 Å². The summed E-state index contributed by atoms with van der Waals surface area (Å²) >= 11 is 0. The Morgan fingerprint density at radius 3 is 2.09 bits per heavy atom. The molecule has 2 aromatic heterocycles. The predicted octanol–water partition coefficient (Wildman–Crippen LogP) is 4.35. The van der Waals surface area contributed by atoms with Gasteiger partial charge in [0.05, 0.1) is 61.5 Å². The van der Waals surface area contributed by atoms with Crippen molar-refractivity contribution in [2.75, 3.05) is 26.4 Å². The molecule has 4 rings (SSSR count). The van der Waals surface area contributed by atoms with Crippen LogP contribution in [-0.2, 0) is 41.8 Å². The average Bonchev–Trinajstić information content (AvgIpc) is 3.02. The lowest BCUT2D eigenvalue weighted by Crippen LogP contribution is -2.40. The molecule has 3 aromatic rings. The Morgan fingerprint density at radius 1 is 0.860 bits per heavy atom. The molecule has 1 aliphatic rings. The van der Waals surface area contributed by atoms with Gasteiger partial charge in [-0.1, -0.05) is 24.3 Å². The van der Waals surface area contributed by atoms with Crippen LogP contribution in [0.15, 0.2) is 89.6 Å². The summed E-state index contributed by atoms with van der Waals surface area (Å²) in [6, 6.07) is 13.0. The van der Waals surface area contributed by atoms with Gasteiger partial charge in [0.25, 0.3) is 5.69 Å². The SMILES string of the molecule is CCOC(=O)C1=C(COCc2cccnc2)N=C(COCc2cccnc2)C(C(=O)OCC)C1c1cccc([N+](=O)[O-])c1. The number of aromatic nitrogens is 2. The van der Waals surface area contributed by atoms with E-state index in [2.05, 4.69) is 9.97 Å². The number of pyridine rings is 2. The van der Waals surface area contributed by atoms with Crippen LogP contribution in [0.4, 0.5) is 5.69 Å². The minimum Gasteiger partial charge on any atom is -0.465 e. The molecule has 0 bridgehead atoms. The maximum Gasteiger partial charge on any atom is 0.336 e. The van der Waals surface area contributed by atoms with E-state index in [9.17, 15) is 19.7 Å². The summed E-state index contributed by atoms with van der Waals surface area (Å²) < 4.78 is 22.7. The quantitative estimate of drug-likeness (QED) is 0.151. The Kier molecular flexibility index (Phi) is 11.2. The summed E-state index contributed by atoms with van der Waals surface area (Å²) in [4.78, 5) is 51.2. The van der Waals surface area contributed by atoms with E-state index in [1.54, 1.807) is 56.8 Å². The highest BCUT2D eigenvalue weighted by atomic mass is 16.6. The van der Waals surface area contributed by atoms with Gasteiger partial charge < -0.3 is 18.9 Å². The van der Waals surface area contributed by atoms with Crippen LogP contribution in [0, 0.1) is 16.0 Å². The molecular formula is C31H32N4O8. The molecule has 43 heavy (non-hydrogen) atoms. The normalized spacial score (nSPS) is 16.4. The molecule has 224 valence electrons. The van der Waals surface area contributed by atoms with Gasteiger partial charge in [0.2, 0.25) is 0 Å². The van der Waals surface area contributed by atoms with E-state index in [1.165, 1.54) is 18.2 Å². The van der Waals surface area contributed by atoms with Crippen LogP contribution < -0.4 is 0 Å². The van der Waals surface area contributed by atoms with Crippen molar-refractivity contribution >= 4 is 23.3 Å². The van der Waals surface area contributed by atoms with E-state index in [-0.39, 0.29) is 62.3 Å². The predicted molar refractivity (Wildman–Crippen MR) is 155 cm³/mol. The zero-order valence-corrected chi connectivity index (χ0v) is 23.9. The van der Waals surface area contributed by atoms with Crippen molar-refractivity contribution in [3.8, 4) is 0 Å². The summed E-state index contributed by atoms with van der Waals surface area (Å²) in [6.45, 7) is 3.61. The van der Waals surface area contributed by atoms with Crippen molar-refractivity contribution in [3.63, 3.8) is 0 Å². The number of nitro groups is 1. The van der Waals surface area contributed by atoms with Crippen molar-refractivity contribution in [2.45, 2.75) is 33.0 Å². The summed E-state index contributed by atoms with van der Waals surface area (Å²) in [7, 11) is 0. The van der Waals surface area contributed by atoms with Gasteiger partial charge in [0.15, 0.2) is 0 Å². The number of nitro benzene ring substituents is 1. The first-order chi connectivity index (χ1) is 20.9. The van der Waals surface area contributed by atoms with Gasteiger partial charge in [-0.3, -0.25) is 29.9 Å². The first-order valence-corrected chi connectivity index (χ1v) is 13.7. The van der Waals surface area contributed by atoms with Crippen molar-refractivity contribution in [2.24, 2.45) is 10.9 Å². The third-order valence-corrected chi connectivity index (χ3v) is 6.54. The van der Waals surface area contributed by atoms with Crippen molar-refractivity contribution < 1.29 is 33.5 Å². The number of esters is 2. The van der Waals surface area contributed by atoms with Gasteiger partial charge in [-0.2, -0.15) is 0 Å². The lowest BCUT2D eigenvalue weighted by molar-refractivity contribution is -0.384. The minimum atomic E-state index is -1.13. The molecule has 0 radical (unpaired) electrons. The fourth-order valence-electron chi connectivity index (χ4n) is 4.73. The molecule has 0 spiro atoms. The number of carbonyl (C=O) groups excluding carboxylic acids is 2. The van der Waals surface area contributed by atoms with Crippen LogP contribution in [0.2, 0.25) is 0 Å². The molecule has 1 aromatic carbocycles. The van der Waals surface area contributed by atoms with Crippen molar-refractivity contribution in [3.05, 3.63) is 111 Å². The van der Waals surface area contributed by atoms with E-state index >= 15 is 0 Å². The topological polar surface area (TPSA) is 152 Å². The molecule has 0 N–H and O–H groups in total. The van der Waals surface area contributed by atoms with Gasteiger partial charge >= 0.3 is 11.9 Å². The van der Waals surface area contributed by atoms with E-state index in [4.69, 9.17) is 23.9 Å². The Hall–Kier alpha value is -4.81. The molecule has 12 nitrogen and oxygen atoms in total. The molecule has 0 fully saturated rings. The first kappa shape index (κ1) is 31.1. The van der Waals surface area contributed by atoms with Crippen LogP contribution in [-0.4, -0.2) is 59.0 Å². The number of carbonyl (C=O) groups is 2. The zero-order chi connectivity index (χ0) is 30.6. The maximum atomic E-state index is 13.6. The van der Waals surface area contributed by atoms with Crippen LogP contribution >= 0.6 is 0 Å². The zero-order valence-electron chi connectivity index (χ0n) is 23.9. The molecule has 1 aliphatic heterocycles. The molecule has 12 heteroatoms. The monoisotopic (exact) mass is 588 g/mol. The van der Waals surface area contributed by atoms with Gasteiger partial charge in [-0.15, -0.1) is 0 Å². The maximum absolute atomic E-state index is 13.6. The van der Waals surface area contributed by atoms with Crippen LogP contribution in [0.5, 0.6) is 0 Å². The van der Waals surface area contributed by atoms with Gasteiger partial charge in [0.1, 0.15) is 5.92 Å². The fraction of sp³-hybridized carbons (Fsp3) is 0.323. The van der Waals surface area contributed by atoms with Crippen LogP contribution in [0.25, 0.3) is 0 Å². The Bertz CT molecular complexity index is 1480. The fourth-order valence-corrected chi connectivity index (χ4v) is 4.73. The van der Waals surface area contributed by atoms with Crippen LogP contribution in [0.3, 0.4) is 0 Å². The minimum absolute atomic E-state index is 0.0580. The van der Waals surface area contributed by atoms with Gasteiger partial charge in [0, 0.05) is 42.8 Å². The number of rotatable bonds is 14. The summed E-state index contributed by atoms with van der Waals surface area (Å²) in [5.41, 5.74) is 2.33. The highest BCUT2D eigenvalue weighted by Gasteiger charge is 2.45. The highest BCUT2D eigenvalue weighted by Crippen LogP contribution is 2.41. The second kappa shape index (κ2) is 15.4. The standard InChI is InChI=1S/C31H32N4O8/c1-3-42-30(36)28-25(19-40-17-21-8-6-12-32-15-21)34-26(20-41-18-22-9-7-13-33-16-22)29(31(37)43-4-2)27(28)23-10-5-11-24(14-23)35(38)39/h5-16,27-28H,3-4,17-20H2,1-2H3. The molecule has 0 aliphatic carbocycles. The molecule has 2 atom stereocenters. The molecular weight excluding hydrogens is 556 g/mol. The number of aliphatic imine (C=N–C) groups is 1. The van der Waals surface area contributed by atoms with E-state index in [0.29, 0.717) is 5.56 Å². The third kappa shape index (κ3) is 8.15. The molecule has 0 saturated heterocycles. The average molecular weight is 589 g/mol. The molecule has 3 heterocycles. The van der Waals surface area contributed by atoms with E-state index in [1.807, 2.05) is 12.1 Å². The van der Waals surface area contributed by atoms with Crippen LogP contribution in [0.1, 0.15) is 36.5 Å². The summed E-state index contributed by atoms with van der Waals surface area (Å²) in [6.07, 6.45) is 6.61. The number of hydrogen-bond acceptors (Lipinski definition) is 11. The second-order valence-electron chi connectivity index (χ2n) is 9.45. The first-order valence-electron chi connectivity index (χ1n) is 13.7. The third-order valence-electron chi connectivity index (χ3n) is 6.54. The van der Waals surface area contributed by atoms with Gasteiger partial charge in [-0.05, 0) is 42.7 Å². The number of ether oxygens (including phenoxy) is 4. The smallest absolute Gasteiger partial charge is 0.336 e. The second-order valence-corrected chi connectivity index (χ2v) is 9.45. The largest absolute Gasteiger partial charge is 0.465 e. The lowest BCUT2D eigenvalue weighted by atomic mass is 9.75. The number of non-ortho nitro benzene ring substituents is 1. The Morgan fingerprint density at radius 2 is 1.51 bits per heavy atom. The van der Waals surface area contributed by atoms with E-state index < -0.39 is 28.7 Å². The summed E-state index contributed by atoms with van der Waals surface area (Å²) in [5.74, 6) is -3.52. The van der Waals surface area contributed by atoms with Crippen molar-refractivity contribution in [1.82, 2.24) is 9.97 Å². The Balaban J connectivity index is 1.80. The lowest BCUT2D eigenvalue weighted by Gasteiger charge is -2.33. The number of hydrogen-bond donors (Lipinski definition) is 0. The summed E-state index contributed by atoms with van der Waals surface area (Å²) in [5, 5.41) is 11.7. The highest BCUT2D eigenvalue weighted by molar-refractivity contribution is 6.08.